The fraction of sp³-hybridized carbons (Fsp3) is 0.571. The van der Waals surface area contributed by atoms with Crippen LogP contribution in [0.15, 0.2) is 12.1 Å². The van der Waals surface area contributed by atoms with Crippen molar-refractivity contribution in [2.75, 3.05) is 13.1 Å². The molecule has 0 aliphatic carbocycles. The molecule has 2 N–H and O–H groups in total. The van der Waals surface area contributed by atoms with Crippen molar-refractivity contribution >= 4 is 0 Å². The summed E-state index contributed by atoms with van der Waals surface area (Å²) in [7, 11) is 0. The van der Waals surface area contributed by atoms with E-state index in [1.165, 1.54) is 22.3 Å². The third kappa shape index (κ3) is 2.28. The Hall–Kier alpha value is -0.860. The molecule has 0 aromatic heterocycles. The van der Waals surface area contributed by atoms with Crippen molar-refractivity contribution in [3.63, 3.8) is 0 Å². The van der Waals surface area contributed by atoms with Gasteiger partial charge < -0.3 is 10.4 Å². The van der Waals surface area contributed by atoms with Gasteiger partial charge in [-0.15, -0.1) is 0 Å². The second-order valence-electron chi connectivity index (χ2n) is 5.21. The number of aliphatic hydroxyl groups is 1. The van der Waals surface area contributed by atoms with Crippen LogP contribution >= 0.6 is 0 Å². The van der Waals surface area contributed by atoms with Crippen LogP contribution in [0.3, 0.4) is 0 Å². The standard InChI is InChI=1S/C14H21NO/c1-10-6-11(2)13(12(3)7-10)8-14(16)4-5-15-9-14/h6-7,15-16H,4-5,8-9H2,1-3H3. The molecule has 2 rings (SSSR count). The minimum atomic E-state index is -0.537. The molecule has 1 aliphatic heterocycles. The maximum atomic E-state index is 10.4. The molecule has 1 aromatic carbocycles. The zero-order valence-corrected chi connectivity index (χ0v) is 10.4. The third-order valence-corrected chi connectivity index (χ3v) is 3.57. The number of aryl methyl sites for hydroxylation is 3. The average molecular weight is 219 g/mol. The minimum absolute atomic E-state index is 0.537. The zero-order valence-electron chi connectivity index (χ0n) is 10.4. The first-order chi connectivity index (χ1) is 7.50. The van der Waals surface area contributed by atoms with E-state index in [0.717, 1.165) is 25.9 Å². The summed E-state index contributed by atoms with van der Waals surface area (Å²) in [6, 6.07) is 4.40. The van der Waals surface area contributed by atoms with Crippen LogP contribution in [0.4, 0.5) is 0 Å². The quantitative estimate of drug-likeness (QED) is 0.796. The van der Waals surface area contributed by atoms with Crippen molar-refractivity contribution in [1.29, 1.82) is 0 Å². The van der Waals surface area contributed by atoms with Gasteiger partial charge in [0.25, 0.3) is 0 Å². The normalized spacial score (nSPS) is 25.0. The van der Waals surface area contributed by atoms with Gasteiger partial charge in [0.1, 0.15) is 0 Å². The summed E-state index contributed by atoms with van der Waals surface area (Å²) in [5, 5.41) is 13.6. The largest absolute Gasteiger partial charge is 0.388 e. The summed E-state index contributed by atoms with van der Waals surface area (Å²) < 4.78 is 0. The van der Waals surface area contributed by atoms with E-state index in [4.69, 9.17) is 0 Å². The van der Waals surface area contributed by atoms with Gasteiger partial charge in [-0.2, -0.15) is 0 Å². The Morgan fingerprint density at radius 1 is 1.25 bits per heavy atom. The van der Waals surface area contributed by atoms with E-state index in [2.05, 4.69) is 38.2 Å². The first-order valence-corrected chi connectivity index (χ1v) is 6.00. The fourth-order valence-corrected chi connectivity index (χ4v) is 2.70. The molecule has 2 nitrogen and oxygen atoms in total. The summed E-state index contributed by atoms with van der Waals surface area (Å²) in [6.45, 7) is 8.05. The topological polar surface area (TPSA) is 32.3 Å². The van der Waals surface area contributed by atoms with Crippen LogP contribution in [0.25, 0.3) is 0 Å². The van der Waals surface area contributed by atoms with Crippen LogP contribution in [0.5, 0.6) is 0 Å². The Labute approximate surface area is 97.7 Å². The molecule has 0 bridgehead atoms. The minimum Gasteiger partial charge on any atom is -0.388 e. The smallest absolute Gasteiger partial charge is 0.0823 e. The van der Waals surface area contributed by atoms with Gasteiger partial charge in [-0.25, -0.2) is 0 Å². The van der Waals surface area contributed by atoms with E-state index < -0.39 is 5.60 Å². The summed E-state index contributed by atoms with van der Waals surface area (Å²) in [5.41, 5.74) is 4.69. The maximum absolute atomic E-state index is 10.4. The molecule has 1 aliphatic rings. The number of rotatable bonds is 2. The van der Waals surface area contributed by atoms with Crippen molar-refractivity contribution in [2.24, 2.45) is 0 Å². The van der Waals surface area contributed by atoms with Crippen LogP contribution in [0, 0.1) is 20.8 Å². The predicted molar refractivity (Wildman–Crippen MR) is 66.8 cm³/mol. The molecule has 0 radical (unpaired) electrons. The van der Waals surface area contributed by atoms with E-state index in [0.29, 0.717) is 0 Å². The molecule has 0 spiro atoms. The molecule has 2 heteroatoms. The molecular weight excluding hydrogens is 198 g/mol. The molecule has 1 aromatic rings. The van der Waals surface area contributed by atoms with Gasteiger partial charge >= 0.3 is 0 Å². The molecule has 1 fully saturated rings. The number of hydrogen-bond donors (Lipinski definition) is 2. The van der Waals surface area contributed by atoms with Gasteiger partial charge in [0, 0.05) is 13.0 Å². The monoisotopic (exact) mass is 219 g/mol. The highest BCUT2D eigenvalue weighted by Crippen LogP contribution is 2.25. The molecule has 16 heavy (non-hydrogen) atoms. The highest BCUT2D eigenvalue weighted by atomic mass is 16.3. The molecule has 0 amide bonds. The Kier molecular flexibility index (Phi) is 3.04. The van der Waals surface area contributed by atoms with E-state index in [9.17, 15) is 5.11 Å². The predicted octanol–water partition coefficient (Wildman–Crippen LogP) is 1.88. The lowest BCUT2D eigenvalue weighted by Crippen LogP contribution is -2.34. The van der Waals surface area contributed by atoms with Crippen LogP contribution in [0.2, 0.25) is 0 Å². The second-order valence-corrected chi connectivity index (χ2v) is 5.21. The molecule has 0 saturated carbocycles. The highest BCUT2D eigenvalue weighted by molar-refractivity contribution is 5.38. The molecular formula is C14H21NO. The summed E-state index contributed by atoms with van der Waals surface area (Å²) >= 11 is 0. The van der Waals surface area contributed by atoms with Crippen LogP contribution in [-0.2, 0) is 6.42 Å². The lowest BCUT2D eigenvalue weighted by Gasteiger charge is -2.24. The maximum Gasteiger partial charge on any atom is 0.0823 e. The van der Waals surface area contributed by atoms with E-state index >= 15 is 0 Å². The van der Waals surface area contributed by atoms with Gasteiger partial charge in [-0.05, 0) is 50.4 Å². The highest BCUT2D eigenvalue weighted by Gasteiger charge is 2.31. The summed E-state index contributed by atoms with van der Waals surface area (Å²) in [4.78, 5) is 0. The molecule has 1 unspecified atom stereocenters. The Bertz CT molecular complexity index is 369. The van der Waals surface area contributed by atoms with Crippen molar-refractivity contribution in [3.05, 3.63) is 34.4 Å². The van der Waals surface area contributed by atoms with Gasteiger partial charge in [-0.3, -0.25) is 0 Å². The molecule has 88 valence electrons. The van der Waals surface area contributed by atoms with Gasteiger partial charge in [0.2, 0.25) is 0 Å². The molecule has 1 atom stereocenters. The molecule has 1 heterocycles. The fourth-order valence-electron chi connectivity index (χ4n) is 2.70. The number of β-amino-alcohol motifs (C(OH)–C–C–N with tert-alkyl or cyclic N) is 1. The van der Waals surface area contributed by atoms with Crippen molar-refractivity contribution in [1.82, 2.24) is 5.32 Å². The van der Waals surface area contributed by atoms with Gasteiger partial charge in [0.05, 0.1) is 5.60 Å². The van der Waals surface area contributed by atoms with Crippen molar-refractivity contribution in [2.45, 2.75) is 39.2 Å². The summed E-state index contributed by atoms with van der Waals surface area (Å²) in [6.07, 6.45) is 1.64. The van der Waals surface area contributed by atoms with Crippen molar-refractivity contribution < 1.29 is 5.11 Å². The van der Waals surface area contributed by atoms with Crippen LogP contribution in [0.1, 0.15) is 28.7 Å². The Balaban J connectivity index is 2.27. The molecule has 1 saturated heterocycles. The second kappa shape index (κ2) is 4.19. The lowest BCUT2D eigenvalue weighted by molar-refractivity contribution is 0.0616. The van der Waals surface area contributed by atoms with Gasteiger partial charge in [-0.1, -0.05) is 17.7 Å². The van der Waals surface area contributed by atoms with Crippen LogP contribution in [-0.4, -0.2) is 23.8 Å². The summed E-state index contributed by atoms with van der Waals surface area (Å²) in [5.74, 6) is 0. The average Bonchev–Trinajstić information content (AvgIpc) is 2.59. The third-order valence-electron chi connectivity index (χ3n) is 3.57. The van der Waals surface area contributed by atoms with E-state index in [-0.39, 0.29) is 0 Å². The number of hydrogen-bond acceptors (Lipinski definition) is 2. The van der Waals surface area contributed by atoms with E-state index in [1.807, 2.05) is 0 Å². The first-order valence-electron chi connectivity index (χ1n) is 6.00. The number of nitrogens with one attached hydrogen (secondary N) is 1. The SMILES string of the molecule is Cc1cc(C)c(CC2(O)CCNC2)c(C)c1. The van der Waals surface area contributed by atoms with E-state index in [1.54, 1.807) is 0 Å². The number of benzene rings is 1. The Morgan fingerprint density at radius 3 is 2.38 bits per heavy atom. The van der Waals surface area contributed by atoms with Crippen LogP contribution < -0.4 is 5.32 Å². The first kappa shape index (κ1) is 11.6. The van der Waals surface area contributed by atoms with Gasteiger partial charge in [0.15, 0.2) is 0 Å². The lowest BCUT2D eigenvalue weighted by atomic mass is 9.88. The zero-order chi connectivity index (χ0) is 11.8. The Morgan fingerprint density at radius 2 is 1.88 bits per heavy atom. The van der Waals surface area contributed by atoms with Crippen molar-refractivity contribution in [3.8, 4) is 0 Å².